The molecule has 1 saturated heterocycles. The van der Waals surface area contributed by atoms with Crippen molar-refractivity contribution in [1.82, 2.24) is 15.1 Å². The molecule has 0 aromatic heterocycles. The molecule has 0 aliphatic carbocycles. The molecular formula is C18H22N4O3S. The summed E-state index contributed by atoms with van der Waals surface area (Å²) in [6.07, 6.45) is -0.581. The Morgan fingerprint density at radius 1 is 1.38 bits per heavy atom. The van der Waals surface area contributed by atoms with Crippen molar-refractivity contribution in [2.75, 3.05) is 7.05 Å². The molecular weight excluding hydrogens is 352 g/mol. The van der Waals surface area contributed by atoms with Gasteiger partial charge in [0.05, 0.1) is 5.25 Å². The Morgan fingerprint density at radius 3 is 2.77 bits per heavy atom. The second-order valence-electron chi connectivity index (χ2n) is 6.66. The molecule has 0 bridgehead atoms. The third kappa shape index (κ3) is 3.46. The van der Waals surface area contributed by atoms with E-state index in [4.69, 9.17) is 0 Å². The Morgan fingerprint density at radius 2 is 2.12 bits per heavy atom. The van der Waals surface area contributed by atoms with Crippen molar-refractivity contribution in [3.63, 3.8) is 0 Å². The smallest absolute Gasteiger partial charge is 0.325 e. The fourth-order valence-electron chi connectivity index (χ4n) is 3.01. The summed E-state index contributed by atoms with van der Waals surface area (Å²) in [4.78, 5) is 44.1. The number of Topliss-reactive ketones (excluding diaryl/α,β-unsaturated/α-hetero) is 1. The molecule has 3 rings (SSSR count). The van der Waals surface area contributed by atoms with Crippen LogP contribution in [0.5, 0.6) is 0 Å². The van der Waals surface area contributed by atoms with Gasteiger partial charge in [-0.25, -0.2) is 9.79 Å². The van der Waals surface area contributed by atoms with Gasteiger partial charge in [-0.05, 0) is 26.3 Å². The van der Waals surface area contributed by atoms with Crippen LogP contribution in [0, 0.1) is 6.92 Å². The van der Waals surface area contributed by atoms with Gasteiger partial charge < -0.3 is 9.80 Å². The molecule has 26 heavy (non-hydrogen) atoms. The second kappa shape index (κ2) is 7.11. The number of rotatable bonds is 4. The van der Waals surface area contributed by atoms with Crippen LogP contribution in [0.4, 0.5) is 4.79 Å². The number of nitrogens with one attached hydrogen (secondary N) is 1. The fraction of sp³-hybridized carbons (Fsp3) is 0.444. The molecule has 138 valence electrons. The first-order valence-electron chi connectivity index (χ1n) is 8.42. The van der Waals surface area contributed by atoms with Crippen molar-refractivity contribution in [2.45, 2.75) is 44.8 Å². The quantitative estimate of drug-likeness (QED) is 0.868. The van der Waals surface area contributed by atoms with E-state index in [9.17, 15) is 14.4 Å². The lowest BCUT2D eigenvalue weighted by Crippen LogP contribution is -2.63. The van der Waals surface area contributed by atoms with E-state index in [2.05, 4.69) is 16.4 Å². The maximum Gasteiger partial charge on any atom is 0.325 e. The third-order valence-electron chi connectivity index (χ3n) is 4.61. The molecule has 3 atom stereocenters. The van der Waals surface area contributed by atoms with Gasteiger partial charge in [0.25, 0.3) is 5.91 Å². The first-order chi connectivity index (χ1) is 12.3. The summed E-state index contributed by atoms with van der Waals surface area (Å²) >= 11 is 1.33. The van der Waals surface area contributed by atoms with Crippen LogP contribution in [0.25, 0.3) is 0 Å². The Kier molecular flexibility index (Phi) is 5.04. The Balaban J connectivity index is 1.93. The number of urea groups is 1. The minimum atomic E-state index is -0.597. The number of benzene rings is 1. The van der Waals surface area contributed by atoms with Crippen molar-refractivity contribution >= 4 is 34.7 Å². The van der Waals surface area contributed by atoms with E-state index in [1.54, 1.807) is 7.05 Å². The number of carbonyl (C=O) groups excluding carboxylic acids is 3. The molecule has 0 spiro atoms. The zero-order valence-electron chi connectivity index (χ0n) is 15.2. The number of amidine groups is 1. The minimum Gasteiger partial charge on any atom is -0.331 e. The van der Waals surface area contributed by atoms with Crippen molar-refractivity contribution in [3.8, 4) is 0 Å². The summed E-state index contributed by atoms with van der Waals surface area (Å²) in [7, 11) is 1.62. The van der Waals surface area contributed by atoms with Crippen molar-refractivity contribution < 1.29 is 14.4 Å². The van der Waals surface area contributed by atoms with Gasteiger partial charge in [-0.15, -0.1) is 0 Å². The molecule has 1 fully saturated rings. The summed E-state index contributed by atoms with van der Waals surface area (Å²) < 4.78 is 0. The highest BCUT2D eigenvalue weighted by Crippen LogP contribution is 2.31. The van der Waals surface area contributed by atoms with E-state index in [0.29, 0.717) is 11.7 Å². The van der Waals surface area contributed by atoms with Crippen LogP contribution in [0.3, 0.4) is 0 Å². The number of thioether (sulfide) groups is 1. The molecule has 2 aliphatic rings. The molecule has 2 aliphatic heterocycles. The highest BCUT2D eigenvalue weighted by molar-refractivity contribution is 8.14. The Bertz CT molecular complexity index is 794. The lowest BCUT2D eigenvalue weighted by molar-refractivity contribution is -0.127. The lowest BCUT2D eigenvalue weighted by atomic mass is 10.1. The first kappa shape index (κ1) is 18.4. The number of fused-ring (bicyclic) bond motifs is 1. The number of amides is 3. The van der Waals surface area contributed by atoms with Gasteiger partial charge in [0.2, 0.25) is 0 Å². The van der Waals surface area contributed by atoms with E-state index in [0.717, 1.165) is 11.1 Å². The minimum absolute atomic E-state index is 0.0389. The molecule has 3 unspecified atom stereocenters. The molecule has 1 aromatic rings. The maximum absolute atomic E-state index is 12.5. The van der Waals surface area contributed by atoms with Crippen LogP contribution in [-0.4, -0.2) is 57.2 Å². The van der Waals surface area contributed by atoms with Gasteiger partial charge in [-0.3, -0.25) is 14.9 Å². The lowest BCUT2D eigenvalue weighted by Gasteiger charge is -2.36. The zero-order valence-corrected chi connectivity index (χ0v) is 16.0. The number of hydrogen-bond donors (Lipinski definition) is 1. The number of likely N-dealkylation sites (N-methyl/N-ethyl adjacent to an activating group) is 1. The highest BCUT2D eigenvalue weighted by atomic mass is 32.2. The van der Waals surface area contributed by atoms with E-state index < -0.39 is 18.2 Å². The summed E-state index contributed by atoms with van der Waals surface area (Å²) in [6.45, 7) is 5.84. The van der Waals surface area contributed by atoms with Gasteiger partial charge in [-0.1, -0.05) is 41.6 Å². The largest absolute Gasteiger partial charge is 0.331 e. The first-order valence-corrected chi connectivity index (χ1v) is 9.30. The number of aliphatic imine (C=N–C) groups is 1. The van der Waals surface area contributed by atoms with Crippen molar-refractivity contribution in [3.05, 3.63) is 35.4 Å². The molecule has 2 heterocycles. The van der Waals surface area contributed by atoms with Crippen LogP contribution in [0.2, 0.25) is 0 Å². The predicted molar refractivity (Wildman–Crippen MR) is 101 cm³/mol. The molecule has 0 radical (unpaired) electrons. The summed E-state index contributed by atoms with van der Waals surface area (Å²) in [6, 6.07) is 6.97. The summed E-state index contributed by atoms with van der Waals surface area (Å²) in [5.41, 5.74) is 2.17. The molecule has 7 nitrogen and oxygen atoms in total. The molecule has 8 heteroatoms. The third-order valence-corrected chi connectivity index (χ3v) is 5.85. The van der Waals surface area contributed by atoms with E-state index >= 15 is 0 Å². The van der Waals surface area contributed by atoms with Gasteiger partial charge in [0.15, 0.2) is 17.4 Å². The topological polar surface area (TPSA) is 82.1 Å². The number of aryl methyl sites for hydroxylation is 1. The molecule has 0 saturated carbocycles. The van der Waals surface area contributed by atoms with Crippen LogP contribution in [0.1, 0.15) is 25.0 Å². The van der Waals surface area contributed by atoms with Gasteiger partial charge >= 0.3 is 6.03 Å². The summed E-state index contributed by atoms with van der Waals surface area (Å²) in [5.74, 6) is -0.322. The van der Waals surface area contributed by atoms with E-state index in [1.807, 2.05) is 36.9 Å². The van der Waals surface area contributed by atoms with Crippen LogP contribution in [-0.2, 0) is 16.1 Å². The van der Waals surface area contributed by atoms with Gasteiger partial charge in [0.1, 0.15) is 5.78 Å². The zero-order chi connectivity index (χ0) is 19.0. The SMILES string of the molecule is CC(=O)C(C)SC1=NC2C(C(=O)NC(=O)N2C)N1Cc1cccc(C)c1. The number of ketones is 1. The standard InChI is InChI=1S/C18H22N4O3S/c1-10-6-5-7-13(8-10)9-22-14-15(21(4)17(25)20-16(14)24)19-18(22)26-12(3)11(2)23/h5-8,12,14-15H,9H2,1-4H3,(H,20,24,25). The van der Waals surface area contributed by atoms with Crippen molar-refractivity contribution in [2.24, 2.45) is 4.99 Å². The molecule has 1 N–H and O–H groups in total. The predicted octanol–water partition coefficient (Wildman–Crippen LogP) is 1.75. The van der Waals surface area contributed by atoms with E-state index in [-0.39, 0.29) is 16.9 Å². The van der Waals surface area contributed by atoms with E-state index in [1.165, 1.54) is 23.6 Å². The molecule has 3 amide bonds. The monoisotopic (exact) mass is 374 g/mol. The Hall–Kier alpha value is -2.35. The summed E-state index contributed by atoms with van der Waals surface area (Å²) in [5, 5.41) is 2.71. The maximum atomic E-state index is 12.5. The van der Waals surface area contributed by atoms with Crippen molar-refractivity contribution in [1.29, 1.82) is 0 Å². The highest BCUT2D eigenvalue weighted by Gasteiger charge is 2.48. The Labute approximate surface area is 156 Å². The van der Waals surface area contributed by atoms with Gasteiger partial charge in [0, 0.05) is 13.6 Å². The molecule has 1 aromatic carbocycles. The number of carbonyl (C=O) groups is 3. The number of hydrogen-bond acceptors (Lipinski definition) is 6. The number of nitrogens with zero attached hydrogens (tertiary/aromatic N) is 3. The van der Waals surface area contributed by atoms with Crippen LogP contribution >= 0.6 is 11.8 Å². The fourth-order valence-corrected chi connectivity index (χ4v) is 3.98. The number of imide groups is 1. The normalized spacial score (nSPS) is 23.5. The van der Waals surface area contributed by atoms with Crippen LogP contribution in [0.15, 0.2) is 29.3 Å². The van der Waals surface area contributed by atoms with Crippen LogP contribution < -0.4 is 5.32 Å². The van der Waals surface area contributed by atoms with Gasteiger partial charge in [-0.2, -0.15) is 0 Å². The second-order valence-corrected chi connectivity index (χ2v) is 7.97. The average Bonchev–Trinajstić information content (AvgIpc) is 2.91. The average molecular weight is 374 g/mol.